The summed E-state index contributed by atoms with van der Waals surface area (Å²) in [4.78, 5) is 22.1. The third-order valence-electron chi connectivity index (χ3n) is 3.64. The van der Waals surface area contributed by atoms with Gasteiger partial charge >= 0.3 is 11.6 Å². The topological polar surface area (TPSA) is 99.3 Å². The Morgan fingerprint density at radius 1 is 1.52 bits per heavy atom. The number of hydrogen-bond acceptors (Lipinski definition) is 5. The third-order valence-corrected chi connectivity index (χ3v) is 3.64. The molecule has 8 heteroatoms. The van der Waals surface area contributed by atoms with Crippen molar-refractivity contribution in [1.82, 2.24) is 15.1 Å². The van der Waals surface area contributed by atoms with Crippen molar-refractivity contribution in [2.45, 2.75) is 51.1 Å². The van der Waals surface area contributed by atoms with Crippen molar-refractivity contribution in [3.63, 3.8) is 0 Å². The van der Waals surface area contributed by atoms with Crippen molar-refractivity contribution in [2.75, 3.05) is 7.11 Å². The zero-order valence-electron chi connectivity index (χ0n) is 12.1. The minimum absolute atomic E-state index is 0.0345. The number of nitrogens with one attached hydrogen (secondary N) is 1. The van der Waals surface area contributed by atoms with Gasteiger partial charge in [-0.2, -0.15) is 0 Å². The minimum atomic E-state index is -0.551. The van der Waals surface area contributed by atoms with E-state index in [4.69, 9.17) is 4.74 Å². The van der Waals surface area contributed by atoms with E-state index >= 15 is 0 Å². The number of carbonyl (C=O) groups is 1. The lowest BCUT2D eigenvalue weighted by molar-refractivity contribution is -0.385. The molecule has 2 rings (SSSR count). The quantitative estimate of drug-likeness (QED) is 0.635. The van der Waals surface area contributed by atoms with Crippen LogP contribution in [0.5, 0.6) is 5.88 Å². The number of nitro groups is 1. The van der Waals surface area contributed by atoms with Crippen LogP contribution >= 0.6 is 0 Å². The molecule has 1 aliphatic carbocycles. The first-order valence-electron chi connectivity index (χ1n) is 7.15. The number of amides is 1. The lowest BCUT2D eigenvalue weighted by Gasteiger charge is -2.22. The van der Waals surface area contributed by atoms with Crippen LogP contribution in [0.25, 0.3) is 0 Å². The van der Waals surface area contributed by atoms with Gasteiger partial charge in [0.25, 0.3) is 0 Å². The molecule has 0 atom stereocenters. The molecule has 0 saturated heterocycles. The predicted molar refractivity (Wildman–Crippen MR) is 75.1 cm³/mol. The first-order valence-corrected chi connectivity index (χ1v) is 7.15. The number of aromatic nitrogens is 2. The standard InChI is InChI=1S/C13H20N4O4/c1-21-13-11(17(19)20)9-16(15-13)8-7-12(18)14-10-5-3-2-4-6-10/h9-10H,2-8H2,1H3,(H,14,18). The number of methoxy groups -OCH3 is 1. The van der Waals surface area contributed by atoms with Gasteiger partial charge in [-0.25, -0.2) is 0 Å². The fraction of sp³-hybridized carbons (Fsp3) is 0.692. The van der Waals surface area contributed by atoms with Gasteiger partial charge in [0.05, 0.1) is 18.6 Å². The molecule has 0 spiro atoms. The highest BCUT2D eigenvalue weighted by atomic mass is 16.6. The molecular formula is C13H20N4O4. The van der Waals surface area contributed by atoms with Crippen LogP contribution in [0.2, 0.25) is 0 Å². The predicted octanol–water partition coefficient (Wildman–Crippen LogP) is 1.64. The number of carbonyl (C=O) groups excluding carboxylic acids is 1. The monoisotopic (exact) mass is 296 g/mol. The highest BCUT2D eigenvalue weighted by molar-refractivity contribution is 5.76. The lowest BCUT2D eigenvalue weighted by atomic mass is 9.95. The normalized spacial score (nSPS) is 15.7. The second-order valence-corrected chi connectivity index (χ2v) is 5.20. The van der Waals surface area contributed by atoms with Crippen molar-refractivity contribution in [1.29, 1.82) is 0 Å². The molecule has 1 saturated carbocycles. The Morgan fingerprint density at radius 3 is 2.81 bits per heavy atom. The zero-order chi connectivity index (χ0) is 15.2. The summed E-state index contributed by atoms with van der Waals surface area (Å²) in [6.07, 6.45) is 7.16. The average Bonchev–Trinajstić information content (AvgIpc) is 2.90. The van der Waals surface area contributed by atoms with E-state index in [1.54, 1.807) is 0 Å². The first-order chi connectivity index (χ1) is 10.1. The first kappa shape index (κ1) is 15.3. The molecular weight excluding hydrogens is 276 g/mol. The number of nitrogens with zero attached hydrogens (tertiary/aromatic N) is 3. The van der Waals surface area contributed by atoms with Gasteiger partial charge in [-0.3, -0.25) is 19.6 Å². The number of rotatable bonds is 6. The van der Waals surface area contributed by atoms with E-state index in [2.05, 4.69) is 10.4 Å². The van der Waals surface area contributed by atoms with Gasteiger partial charge in [-0.15, -0.1) is 5.10 Å². The van der Waals surface area contributed by atoms with Crippen molar-refractivity contribution in [3.05, 3.63) is 16.3 Å². The van der Waals surface area contributed by atoms with Gasteiger partial charge in [0.2, 0.25) is 5.91 Å². The SMILES string of the molecule is COc1nn(CCC(=O)NC2CCCCC2)cc1[N+](=O)[O-]. The van der Waals surface area contributed by atoms with Crippen molar-refractivity contribution < 1.29 is 14.5 Å². The molecule has 0 aliphatic heterocycles. The number of ether oxygens (including phenoxy) is 1. The summed E-state index contributed by atoms with van der Waals surface area (Å²) in [7, 11) is 1.33. The van der Waals surface area contributed by atoms with Crippen LogP contribution in [0.3, 0.4) is 0 Å². The summed E-state index contributed by atoms with van der Waals surface area (Å²) in [5, 5.41) is 17.7. The molecule has 1 heterocycles. The maximum absolute atomic E-state index is 11.9. The van der Waals surface area contributed by atoms with Crippen LogP contribution in [-0.4, -0.2) is 33.8 Å². The van der Waals surface area contributed by atoms with Crippen LogP contribution in [0.4, 0.5) is 5.69 Å². The maximum Gasteiger partial charge on any atom is 0.350 e. The minimum Gasteiger partial charge on any atom is -0.475 e. The van der Waals surface area contributed by atoms with Gasteiger partial charge in [-0.05, 0) is 12.8 Å². The largest absolute Gasteiger partial charge is 0.475 e. The van der Waals surface area contributed by atoms with Crippen molar-refractivity contribution >= 4 is 11.6 Å². The molecule has 0 aromatic carbocycles. The molecule has 1 N–H and O–H groups in total. The summed E-state index contributed by atoms with van der Waals surface area (Å²) < 4.78 is 6.21. The number of aryl methyl sites for hydroxylation is 1. The Bertz CT molecular complexity index is 508. The van der Waals surface area contributed by atoms with Crippen LogP contribution in [-0.2, 0) is 11.3 Å². The summed E-state index contributed by atoms with van der Waals surface area (Å²) in [5.41, 5.74) is -0.190. The van der Waals surface area contributed by atoms with E-state index in [9.17, 15) is 14.9 Å². The second-order valence-electron chi connectivity index (χ2n) is 5.20. The molecule has 1 aliphatic rings. The summed E-state index contributed by atoms with van der Waals surface area (Å²) in [6.45, 7) is 0.294. The Labute approximate surface area is 122 Å². The molecule has 1 amide bonds. The molecule has 8 nitrogen and oxygen atoms in total. The zero-order valence-corrected chi connectivity index (χ0v) is 12.1. The lowest BCUT2D eigenvalue weighted by Crippen LogP contribution is -2.36. The van der Waals surface area contributed by atoms with Crippen molar-refractivity contribution in [2.24, 2.45) is 0 Å². The second kappa shape index (κ2) is 7.05. The Hall–Kier alpha value is -2.12. The van der Waals surface area contributed by atoms with Gasteiger partial charge in [0, 0.05) is 12.5 Å². The van der Waals surface area contributed by atoms with E-state index in [0.717, 1.165) is 25.7 Å². The van der Waals surface area contributed by atoms with Crippen LogP contribution in [0, 0.1) is 10.1 Å². The van der Waals surface area contributed by atoms with Gasteiger partial charge < -0.3 is 10.1 Å². The van der Waals surface area contributed by atoms with E-state index in [-0.39, 0.29) is 29.9 Å². The Balaban J connectivity index is 1.84. The summed E-state index contributed by atoms with van der Waals surface area (Å²) in [6, 6.07) is 0.271. The van der Waals surface area contributed by atoms with Crippen LogP contribution in [0.1, 0.15) is 38.5 Å². The molecule has 116 valence electrons. The maximum atomic E-state index is 11.9. The van der Waals surface area contributed by atoms with E-state index < -0.39 is 4.92 Å². The fourth-order valence-corrected chi connectivity index (χ4v) is 2.54. The Morgan fingerprint density at radius 2 is 2.24 bits per heavy atom. The molecule has 0 bridgehead atoms. The molecule has 21 heavy (non-hydrogen) atoms. The smallest absolute Gasteiger partial charge is 0.350 e. The summed E-state index contributed by atoms with van der Waals surface area (Å²) in [5.74, 6) is -0.0771. The third kappa shape index (κ3) is 4.17. The van der Waals surface area contributed by atoms with E-state index in [1.165, 1.54) is 24.4 Å². The molecule has 0 unspecified atom stereocenters. The van der Waals surface area contributed by atoms with Gasteiger partial charge in [-0.1, -0.05) is 19.3 Å². The van der Waals surface area contributed by atoms with E-state index in [1.807, 2.05) is 0 Å². The Kier molecular flexibility index (Phi) is 5.13. The van der Waals surface area contributed by atoms with E-state index in [0.29, 0.717) is 6.54 Å². The highest BCUT2D eigenvalue weighted by Crippen LogP contribution is 2.24. The van der Waals surface area contributed by atoms with Crippen LogP contribution in [0.15, 0.2) is 6.20 Å². The fourth-order valence-electron chi connectivity index (χ4n) is 2.54. The van der Waals surface area contributed by atoms with Crippen molar-refractivity contribution in [3.8, 4) is 5.88 Å². The highest BCUT2D eigenvalue weighted by Gasteiger charge is 2.21. The summed E-state index contributed by atoms with van der Waals surface area (Å²) >= 11 is 0. The molecule has 1 aromatic rings. The molecule has 0 radical (unpaired) electrons. The average molecular weight is 296 g/mol. The van der Waals surface area contributed by atoms with Gasteiger partial charge in [0.1, 0.15) is 6.20 Å². The molecule has 1 aromatic heterocycles. The molecule has 1 fully saturated rings. The van der Waals surface area contributed by atoms with Crippen LogP contribution < -0.4 is 10.1 Å². The number of hydrogen-bond donors (Lipinski definition) is 1. The van der Waals surface area contributed by atoms with Gasteiger partial charge in [0.15, 0.2) is 0 Å².